The molecule has 0 radical (unpaired) electrons. The molecule has 7 heteroatoms. The molecule has 3 aliphatic rings. The third-order valence-corrected chi connectivity index (χ3v) is 7.27. The molecule has 7 nitrogen and oxygen atoms in total. The van der Waals surface area contributed by atoms with Crippen molar-refractivity contribution in [3.05, 3.63) is 35.9 Å². The van der Waals surface area contributed by atoms with Crippen molar-refractivity contribution < 1.29 is 19.1 Å². The van der Waals surface area contributed by atoms with Gasteiger partial charge in [-0.25, -0.2) is 0 Å². The van der Waals surface area contributed by atoms with Crippen LogP contribution in [0.2, 0.25) is 0 Å². The van der Waals surface area contributed by atoms with Gasteiger partial charge < -0.3 is 19.7 Å². The van der Waals surface area contributed by atoms with Crippen LogP contribution in [-0.2, 0) is 25.5 Å². The molecule has 1 saturated carbocycles. The van der Waals surface area contributed by atoms with E-state index in [1.54, 1.807) is 4.90 Å². The number of carbonyl (C=O) groups is 2. The van der Waals surface area contributed by atoms with E-state index in [4.69, 9.17) is 9.47 Å². The van der Waals surface area contributed by atoms with Gasteiger partial charge in [-0.05, 0) is 37.7 Å². The van der Waals surface area contributed by atoms with Gasteiger partial charge in [-0.3, -0.25) is 14.5 Å². The lowest BCUT2D eigenvalue weighted by Gasteiger charge is -2.50. The average Bonchev–Trinajstić information content (AvgIpc) is 2.85. The summed E-state index contributed by atoms with van der Waals surface area (Å²) in [4.78, 5) is 29.3. The average molecular weight is 444 g/mol. The molecule has 0 bridgehead atoms. The van der Waals surface area contributed by atoms with Crippen molar-refractivity contribution in [2.24, 2.45) is 0 Å². The Morgan fingerprint density at radius 3 is 2.19 bits per heavy atom. The van der Waals surface area contributed by atoms with E-state index in [1.807, 2.05) is 0 Å². The summed E-state index contributed by atoms with van der Waals surface area (Å²) in [5, 5.41) is 3.20. The highest BCUT2D eigenvalue weighted by atomic mass is 16.5. The van der Waals surface area contributed by atoms with Crippen molar-refractivity contribution >= 4 is 11.8 Å². The fraction of sp³-hybridized carbons (Fsp3) is 0.680. The van der Waals surface area contributed by atoms with Crippen LogP contribution in [0.3, 0.4) is 0 Å². The van der Waals surface area contributed by atoms with Gasteiger partial charge in [-0.1, -0.05) is 30.3 Å². The zero-order chi connectivity index (χ0) is 22.2. The van der Waals surface area contributed by atoms with E-state index < -0.39 is 0 Å². The molecular weight excluding hydrogens is 406 g/mol. The van der Waals surface area contributed by atoms with Crippen LogP contribution in [-0.4, -0.2) is 85.8 Å². The Hall–Kier alpha value is -1.96. The molecule has 0 unspecified atom stereocenters. The lowest BCUT2D eigenvalue weighted by molar-refractivity contribution is -0.137. The summed E-state index contributed by atoms with van der Waals surface area (Å²) < 4.78 is 10.9. The summed E-state index contributed by atoms with van der Waals surface area (Å²) in [6.07, 6.45) is 5.69. The Balaban J connectivity index is 1.28. The van der Waals surface area contributed by atoms with Gasteiger partial charge >= 0.3 is 0 Å². The van der Waals surface area contributed by atoms with Crippen LogP contribution in [0.25, 0.3) is 0 Å². The molecule has 176 valence electrons. The monoisotopic (exact) mass is 443 g/mol. The third kappa shape index (κ3) is 6.09. The normalized spacial score (nSPS) is 27.1. The third-order valence-electron chi connectivity index (χ3n) is 7.27. The van der Waals surface area contributed by atoms with Gasteiger partial charge in [-0.15, -0.1) is 0 Å². The van der Waals surface area contributed by atoms with Gasteiger partial charge in [0.2, 0.25) is 11.8 Å². The van der Waals surface area contributed by atoms with Gasteiger partial charge in [-0.2, -0.15) is 0 Å². The number of morpholine rings is 2. The first-order valence-electron chi connectivity index (χ1n) is 12.2. The Kier molecular flexibility index (Phi) is 8.16. The first-order valence-corrected chi connectivity index (χ1v) is 12.2. The lowest BCUT2D eigenvalue weighted by Crippen LogP contribution is -2.58. The second-order valence-corrected chi connectivity index (χ2v) is 9.32. The molecule has 2 aliphatic heterocycles. The standard InChI is InChI=1S/C25H37N3O4/c29-23(6-7-24(30)27-12-16-31-17-13-27)26-22-8-10-25(11-9-22,28-14-18-32-19-15-28)20-21-4-2-1-3-5-21/h1-5,22H,6-20H2,(H,26,29). The van der Waals surface area contributed by atoms with Crippen LogP contribution >= 0.6 is 0 Å². The van der Waals surface area contributed by atoms with E-state index in [0.29, 0.717) is 26.3 Å². The van der Waals surface area contributed by atoms with E-state index in [-0.39, 0.29) is 36.2 Å². The molecule has 3 fully saturated rings. The molecule has 0 aromatic heterocycles. The largest absolute Gasteiger partial charge is 0.379 e. The summed E-state index contributed by atoms with van der Waals surface area (Å²) in [5.41, 5.74) is 1.52. The number of amides is 2. The van der Waals surface area contributed by atoms with Gasteiger partial charge in [0, 0.05) is 50.6 Å². The van der Waals surface area contributed by atoms with Crippen molar-refractivity contribution in [3.63, 3.8) is 0 Å². The van der Waals surface area contributed by atoms with E-state index in [9.17, 15) is 9.59 Å². The molecule has 32 heavy (non-hydrogen) atoms. The van der Waals surface area contributed by atoms with Crippen LogP contribution in [0, 0.1) is 0 Å². The second-order valence-electron chi connectivity index (χ2n) is 9.32. The highest BCUT2D eigenvalue weighted by molar-refractivity contribution is 5.84. The number of nitrogens with zero attached hydrogens (tertiary/aromatic N) is 2. The minimum atomic E-state index is -0.00135. The highest BCUT2D eigenvalue weighted by Crippen LogP contribution is 2.37. The van der Waals surface area contributed by atoms with Crippen LogP contribution in [0.1, 0.15) is 44.1 Å². The number of carbonyl (C=O) groups excluding carboxylic acids is 2. The number of rotatable bonds is 7. The van der Waals surface area contributed by atoms with Gasteiger partial charge in [0.05, 0.1) is 26.4 Å². The Morgan fingerprint density at radius 2 is 1.53 bits per heavy atom. The molecule has 2 heterocycles. The lowest BCUT2D eigenvalue weighted by atomic mass is 9.74. The summed E-state index contributed by atoms with van der Waals surface area (Å²) >= 11 is 0. The predicted octanol–water partition coefficient (Wildman–Crippen LogP) is 2.00. The van der Waals surface area contributed by atoms with Gasteiger partial charge in [0.15, 0.2) is 0 Å². The van der Waals surface area contributed by atoms with Crippen LogP contribution in [0.15, 0.2) is 30.3 Å². The maximum atomic E-state index is 12.5. The smallest absolute Gasteiger partial charge is 0.223 e. The molecule has 1 aliphatic carbocycles. The zero-order valence-corrected chi connectivity index (χ0v) is 19.1. The Morgan fingerprint density at radius 1 is 0.906 bits per heavy atom. The fourth-order valence-electron chi connectivity index (χ4n) is 5.41. The zero-order valence-electron chi connectivity index (χ0n) is 19.1. The maximum Gasteiger partial charge on any atom is 0.223 e. The topological polar surface area (TPSA) is 71.1 Å². The molecule has 0 spiro atoms. The second kappa shape index (κ2) is 11.3. The van der Waals surface area contributed by atoms with Crippen molar-refractivity contribution in [1.29, 1.82) is 0 Å². The van der Waals surface area contributed by atoms with Gasteiger partial charge in [0.1, 0.15) is 0 Å². The molecule has 2 saturated heterocycles. The fourth-order valence-corrected chi connectivity index (χ4v) is 5.41. The molecule has 1 aromatic carbocycles. The summed E-state index contributed by atoms with van der Waals surface area (Å²) in [5.74, 6) is 0.0554. The van der Waals surface area contributed by atoms with E-state index in [1.165, 1.54) is 5.56 Å². The Bertz CT molecular complexity index is 737. The van der Waals surface area contributed by atoms with Gasteiger partial charge in [0.25, 0.3) is 0 Å². The van der Waals surface area contributed by atoms with Crippen LogP contribution < -0.4 is 5.32 Å². The maximum absolute atomic E-state index is 12.5. The minimum absolute atomic E-state index is 0.00135. The van der Waals surface area contributed by atoms with Crippen molar-refractivity contribution in [2.45, 2.75) is 56.5 Å². The molecule has 1 aromatic rings. The molecule has 1 N–H and O–H groups in total. The van der Waals surface area contributed by atoms with E-state index >= 15 is 0 Å². The van der Waals surface area contributed by atoms with E-state index in [2.05, 4.69) is 40.5 Å². The number of hydrogen-bond donors (Lipinski definition) is 1. The first-order chi connectivity index (χ1) is 15.6. The number of benzene rings is 1. The van der Waals surface area contributed by atoms with Crippen molar-refractivity contribution in [2.75, 3.05) is 52.6 Å². The van der Waals surface area contributed by atoms with Crippen molar-refractivity contribution in [3.8, 4) is 0 Å². The first kappa shape index (κ1) is 23.2. The van der Waals surface area contributed by atoms with E-state index in [0.717, 1.165) is 58.4 Å². The molecule has 0 atom stereocenters. The predicted molar refractivity (Wildman–Crippen MR) is 122 cm³/mol. The summed E-state index contributed by atoms with van der Waals surface area (Å²) in [6, 6.07) is 11.0. The molecular formula is C25H37N3O4. The minimum Gasteiger partial charge on any atom is -0.379 e. The van der Waals surface area contributed by atoms with Crippen molar-refractivity contribution in [1.82, 2.24) is 15.1 Å². The van der Waals surface area contributed by atoms with Crippen LogP contribution in [0.5, 0.6) is 0 Å². The molecule has 2 amide bonds. The quantitative estimate of drug-likeness (QED) is 0.698. The van der Waals surface area contributed by atoms with Crippen LogP contribution in [0.4, 0.5) is 0 Å². The Labute approximate surface area is 191 Å². The summed E-state index contributed by atoms with van der Waals surface area (Å²) in [7, 11) is 0. The number of hydrogen-bond acceptors (Lipinski definition) is 5. The number of nitrogens with one attached hydrogen (secondary N) is 1. The summed E-state index contributed by atoms with van der Waals surface area (Å²) in [6.45, 7) is 6.01. The highest BCUT2D eigenvalue weighted by Gasteiger charge is 2.41. The molecule has 4 rings (SSSR count). The SMILES string of the molecule is O=C(CCC(=O)N1CCOCC1)NC1CCC(Cc2ccccc2)(N2CCOCC2)CC1. The number of ether oxygens (including phenoxy) is 2.